The molecule has 1 aromatic rings. The van der Waals surface area contributed by atoms with Crippen LogP contribution < -0.4 is 0 Å². The Morgan fingerprint density at radius 3 is 2.48 bits per heavy atom. The molecule has 21 heavy (non-hydrogen) atoms. The highest BCUT2D eigenvalue weighted by molar-refractivity contribution is 5.82. The number of carboxylic acid groups (broad SMARTS) is 1. The number of aliphatic carboxylic acids is 1. The maximum Gasteiger partial charge on any atom is 0.308 e. The van der Waals surface area contributed by atoms with Gasteiger partial charge in [0.1, 0.15) is 0 Å². The fraction of sp³-hybridized carbons (Fsp3) is 0.529. The van der Waals surface area contributed by atoms with Crippen molar-refractivity contribution < 1.29 is 14.7 Å². The molecule has 1 saturated heterocycles. The van der Waals surface area contributed by atoms with Crippen molar-refractivity contribution in [3.05, 3.63) is 35.9 Å². The van der Waals surface area contributed by atoms with E-state index in [1.54, 1.807) is 4.90 Å². The Hall–Kier alpha value is -1.84. The molecule has 1 fully saturated rings. The predicted molar refractivity (Wildman–Crippen MR) is 80.7 cm³/mol. The second kappa shape index (κ2) is 6.29. The first-order valence-corrected chi connectivity index (χ1v) is 7.56. The Balaban J connectivity index is 2.35. The average molecular weight is 289 g/mol. The molecule has 0 bridgehead atoms. The summed E-state index contributed by atoms with van der Waals surface area (Å²) in [6.07, 6.45) is 1.09. The van der Waals surface area contributed by atoms with Gasteiger partial charge in [0.05, 0.1) is 12.0 Å². The van der Waals surface area contributed by atoms with Crippen LogP contribution in [0.5, 0.6) is 0 Å². The lowest BCUT2D eigenvalue weighted by Crippen LogP contribution is -2.53. The van der Waals surface area contributed by atoms with Gasteiger partial charge in [0, 0.05) is 12.5 Å². The summed E-state index contributed by atoms with van der Waals surface area (Å²) >= 11 is 0. The van der Waals surface area contributed by atoms with Crippen LogP contribution in [0.2, 0.25) is 0 Å². The van der Waals surface area contributed by atoms with E-state index in [9.17, 15) is 14.7 Å². The van der Waals surface area contributed by atoms with E-state index in [0.29, 0.717) is 6.42 Å². The molecule has 0 aliphatic carbocycles. The van der Waals surface area contributed by atoms with Gasteiger partial charge in [-0.15, -0.1) is 0 Å². The van der Waals surface area contributed by atoms with Gasteiger partial charge in [-0.1, -0.05) is 44.2 Å². The molecular weight excluding hydrogens is 266 g/mol. The molecule has 0 aromatic heterocycles. The summed E-state index contributed by atoms with van der Waals surface area (Å²) in [5.41, 5.74) is 1.07. The molecule has 4 heteroatoms. The molecule has 1 N–H and O–H groups in total. The van der Waals surface area contributed by atoms with Crippen LogP contribution in [0.4, 0.5) is 0 Å². The summed E-state index contributed by atoms with van der Waals surface area (Å²) in [6.45, 7) is 5.75. The number of nitrogens with zero attached hydrogens (tertiary/aromatic N) is 1. The number of hydrogen-bond acceptors (Lipinski definition) is 2. The van der Waals surface area contributed by atoms with E-state index in [0.717, 1.165) is 12.0 Å². The van der Waals surface area contributed by atoms with E-state index in [1.165, 1.54) is 0 Å². The zero-order valence-electron chi connectivity index (χ0n) is 12.8. The fourth-order valence-electron chi connectivity index (χ4n) is 3.56. The molecule has 1 aliphatic heterocycles. The fourth-order valence-corrected chi connectivity index (χ4v) is 3.56. The minimum absolute atomic E-state index is 0.0527. The second-order valence-corrected chi connectivity index (χ2v) is 5.92. The summed E-state index contributed by atoms with van der Waals surface area (Å²) in [4.78, 5) is 25.8. The lowest BCUT2D eigenvalue weighted by atomic mass is 9.79. The van der Waals surface area contributed by atoms with Gasteiger partial charge >= 0.3 is 5.97 Å². The third-order valence-electron chi connectivity index (χ3n) is 4.55. The van der Waals surface area contributed by atoms with E-state index in [2.05, 4.69) is 0 Å². The first kappa shape index (κ1) is 15.5. The lowest BCUT2D eigenvalue weighted by Gasteiger charge is -2.45. The van der Waals surface area contributed by atoms with Gasteiger partial charge < -0.3 is 10.0 Å². The highest BCUT2D eigenvalue weighted by Crippen LogP contribution is 2.37. The van der Waals surface area contributed by atoms with Gasteiger partial charge in [-0.2, -0.15) is 0 Å². The normalized spacial score (nSPS) is 27.5. The molecule has 1 amide bonds. The van der Waals surface area contributed by atoms with Crippen molar-refractivity contribution in [1.29, 1.82) is 0 Å². The van der Waals surface area contributed by atoms with E-state index in [4.69, 9.17) is 0 Å². The number of carbonyl (C=O) groups is 2. The summed E-state index contributed by atoms with van der Waals surface area (Å²) in [7, 11) is 0. The molecule has 1 aliphatic rings. The number of carboxylic acids is 1. The second-order valence-electron chi connectivity index (χ2n) is 5.92. The minimum atomic E-state index is -0.810. The topological polar surface area (TPSA) is 57.6 Å². The SMILES string of the molecule is CCC(c1ccccc1)N1C(=O)CC(C)C(C(=O)O)C1C. The first-order valence-electron chi connectivity index (χ1n) is 7.56. The first-order chi connectivity index (χ1) is 9.97. The van der Waals surface area contributed by atoms with Crippen molar-refractivity contribution in [3.63, 3.8) is 0 Å². The van der Waals surface area contributed by atoms with Crippen molar-refractivity contribution in [2.75, 3.05) is 0 Å². The van der Waals surface area contributed by atoms with Crippen LogP contribution in [0, 0.1) is 11.8 Å². The van der Waals surface area contributed by atoms with Crippen LogP contribution in [-0.2, 0) is 9.59 Å². The van der Waals surface area contributed by atoms with E-state index in [1.807, 2.05) is 51.1 Å². The molecule has 0 saturated carbocycles. The lowest BCUT2D eigenvalue weighted by molar-refractivity contribution is -0.157. The Bertz CT molecular complexity index is 514. The van der Waals surface area contributed by atoms with Crippen LogP contribution in [0.3, 0.4) is 0 Å². The van der Waals surface area contributed by atoms with Crippen molar-refractivity contribution in [3.8, 4) is 0 Å². The molecule has 4 nitrogen and oxygen atoms in total. The van der Waals surface area contributed by atoms with Crippen molar-refractivity contribution in [1.82, 2.24) is 4.90 Å². The Labute approximate surface area is 125 Å². The largest absolute Gasteiger partial charge is 0.481 e. The van der Waals surface area contributed by atoms with E-state index < -0.39 is 11.9 Å². The van der Waals surface area contributed by atoms with Gasteiger partial charge in [0.25, 0.3) is 0 Å². The van der Waals surface area contributed by atoms with Gasteiger partial charge in [0.15, 0.2) is 0 Å². The van der Waals surface area contributed by atoms with Gasteiger partial charge in [0.2, 0.25) is 5.91 Å². The number of rotatable bonds is 4. The van der Waals surface area contributed by atoms with Gasteiger partial charge in [-0.3, -0.25) is 9.59 Å². The quantitative estimate of drug-likeness (QED) is 0.926. The summed E-state index contributed by atoms with van der Waals surface area (Å²) in [5, 5.41) is 9.47. The molecule has 1 heterocycles. The molecular formula is C17H23NO3. The number of benzene rings is 1. The highest BCUT2D eigenvalue weighted by atomic mass is 16.4. The molecule has 0 radical (unpaired) electrons. The summed E-state index contributed by atoms with van der Waals surface area (Å²) < 4.78 is 0. The summed E-state index contributed by atoms with van der Waals surface area (Å²) in [5.74, 6) is -1.37. The predicted octanol–water partition coefficient (Wildman–Crippen LogP) is 3.10. The number of carbonyl (C=O) groups excluding carboxylic acids is 1. The number of hydrogen-bond donors (Lipinski definition) is 1. The summed E-state index contributed by atoms with van der Waals surface area (Å²) in [6, 6.07) is 9.51. The maximum atomic E-state index is 12.5. The minimum Gasteiger partial charge on any atom is -0.481 e. The van der Waals surface area contributed by atoms with Gasteiger partial charge in [-0.25, -0.2) is 0 Å². The van der Waals surface area contributed by atoms with Crippen molar-refractivity contribution in [2.24, 2.45) is 11.8 Å². The van der Waals surface area contributed by atoms with Crippen LogP contribution in [0.25, 0.3) is 0 Å². The van der Waals surface area contributed by atoms with Crippen LogP contribution in [-0.4, -0.2) is 27.9 Å². The molecule has 4 atom stereocenters. The third-order valence-corrected chi connectivity index (χ3v) is 4.55. The molecule has 2 rings (SSSR count). The zero-order chi connectivity index (χ0) is 15.6. The maximum absolute atomic E-state index is 12.5. The smallest absolute Gasteiger partial charge is 0.308 e. The number of likely N-dealkylation sites (tertiary alicyclic amines) is 1. The monoisotopic (exact) mass is 289 g/mol. The zero-order valence-corrected chi connectivity index (χ0v) is 12.8. The van der Waals surface area contributed by atoms with Crippen LogP contribution in [0.15, 0.2) is 30.3 Å². The highest BCUT2D eigenvalue weighted by Gasteiger charge is 2.44. The third kappa shape index (κ3) is 2.94. The van der Waals surface area contributed by atoms with Crippen molar-refractivity contribution >= 4 is 11.9 Å². The Morgan fingerprint density at radius 2 is 1.95 bits per heavy atom. The molecule has 0 spiro atoms. The molecule has 114 valence electrons. The molecule has 4 unspecified atom stereocenters. The van der Waals surface area contributed by atoms with E-state index >= 15 is 0 Å². The van der Waals surface area contributed by atoms with Crippen LogP contribution in [0.1, 0.15) is 45.2 Å². The number of piperidine rings is 1. The Morgan fingerprint density at radius 1 is 1.33 bits per heavy atom. The van der Waals surface area contributed by atoms with Crippen molar-refractivity contribution in [2.45, 2.75) is 45.7 Å². The molecule has 1 aromatic carbocycles. The Kier molecular flexibility index (Phi) is 4.66. The van der Waals surface area contributed by atoms with Gasteiger partial charge in [-0.05, 0) is 24.8 Å². The van der Waals surface area contributed by atoms with Crippen LogP contribution >= 0.6 is 0 Å². The standard InChI is InChI=1S/C17H23NO3/c1-4-14(13-8-6-5-7-9-13)18-12(3)16(17(20)21)11(2)10-15(18)19/h5-9,11-12,14,16H,4,10H2,1-3H3,(H,20,21). The number of amides is 1. The van der Waals surface area contributed by atoms with E-state index in [-0.39, 0.29) is 23.9 Å². The average Bonchev–Trinajstić information content (AvgIpc) is 2.43.